The Morgan fingerprint density at radius 3 is 2.97 bits per heavy atom. The Bertz CT molecular complexity index is 1050. The van der Waals surface area contributed by atoms with Crippen LogP contribution in [0, 0.1) is 12.8 Å². The van der Waals surface area contributed by atoms with E-state index in [-0.39, 0.29) is 29.9 Å². The van der Waals surface area contributed by atoms with Gasteiger partial charge in [0.25, 0.3) is 5.91 Å². The highest BCUT2D eigenvalue weighted by Crippen LogP contribution is 2.34. The van der Waals surface area contributed by atoms with Crippen molar-refractivity contribution in [3.05, 3.63) is 42.2 Å². The van der Waals surface area contributed by atoms with Gasteiger partial charge in [0, 0.05) is 25.5 Å². The van der Waals surface area contributed by atoms with E-state index >= 15 is 0 Å². The zero-order valence-corrected chi connectivity index (χ0v) is 16.9. The number of nitrogens with zero attached hydrogens (tertiary/aromatic N) is 4. The SMILES string of the molecule is Cc1nc(NC(=O)[C@H]2CCCN(C(=O)c3ccco3)C2)sc1-c1nccn1C(F)F. The molecule has 4 rings (SSSR count). The van der Waals surface area contributed by atoms with Crippen LogP contribution in [0.4, 0.5) is 13.9 Å². The molecule has 0 radical (unpaired) electrons. The van der Waals surface area contributed by atoms with Gasteiger partial charge in [-0.25, -0.2) is 9.97 Å². The van der Waals surface area contributed by atoms with Crippen molar-refractivity contribution in [1.29, 1.82) is 0 Å². The van der Waals surface area contributed by atoms with E-state index < -0.39 is 12.5 Å². The molecule has 4 heterocycles. The number of carbonyl (C=O) groups excluding carboxylic acids is 2. The maximum Gasteiger partial charge on any atom is 0.320 e. The molecule has 158 valence electrons. The summed E-state index contributed by atoms with van der Waals surface area (Å²) < 4.78 is 32.2. The smallest absolute Gasteiger partial charge is 0.320 e. The van der Waals surface area contributed by atoms with Crippen LogP contribution in [0.2, 0.25) is 0 Å². The molecule has 1 atom stereocenters. The van der Waals surface area contributed by atoms with Crippen molar-refractivity contribution in [2.24, 2.45) is 5.92 Å². The summed E-state index contributed by atoms with van der Waals surface area (Å²) in [5.74, 6) is -0.555. The molecule has 3 aromatic heterocycles. The Morgan fingerprint density at radius 2 is 2.23 bits per heavy atom. The largest absolute Gasteiger partial charge is 0.459 e. The molecular weight excluding hydrogens is 416 g/mol. The fourth-order valence-corrected chi connectivity index (χ4v) is 4.41. The zero-order chi connectivity index (χ0) is 21.3. The van der Waals surface area contributed by atoms with Gasteiger partial charge in [0.2, 0.25) is 5.91 Å². The molecule has 1 saturated heterocycles. The number of hydrogen-bond donors (Lipinski definition) is 1. The number of hydrogen-bond acceptors (Lipinski definition) is 6. The van der Waals surface area contributed by atoms with Crippen LogP contribution in [0.1, 0.15) is 35.6 Å². The van der Waals surface area contributed by atoms with E-state index in [4.69, 9.17) is 4.42 Å². The van der Waals surface area contributed by atoms with E-state index in [1.165, 1.54) is 18.7 Å². The standard InChI is InChI=1S/C19H19F2N5O3S/c1-11-14(15-22-6-8-26(15)18(20)21)30-19(23-11)24-16(27)12-4-2-7-25(10-12)17(28)13-5-3-9-29-13/h3,5-6,8-9,12,18H,2,4,7,10H2,1H3,(H,23,24,27)/t12-/m0/s1. The molecule has 1 aliphatic heterocycles. The van der Waals surface area contributed by atoms with Gasteiger partial charge in [0.1, 0.15) is 0 Å². The third-order valence-electron chi connectivity index (χ3n) is 4.92. The van der Waals surface area contributed by atoms with E-state index in [0.29, 0.717) is 35.1 Å². The van der Waals surface area contributed by atoms with Crippen LogP contribution in [-0.2, 0) is 4.79 Å². The number of rotatable bonds is 5. The molecule has 11 heteroatoms. The first kappa shape index (κ1) is 20.2. The van der Waals surface area contributed by atoms with Crippen molar-refractivity contribution >= 4 is 28.3 Å². The molecule has 1 fully saturated rings. The minimum Gasteiger partial charge on any atom is -0.459 e. The Hall–Kier alpha value is -3.08. The number of furan rings is 1. The van der Waals surface area contributed by atoms with Gasteiger partial charge in [0.05, 0.1) is 22.8 Å². The summed E-state index contributed by atoms with van der Waals surface area (Å²) in [4.78, 5) is 35.6. The maximum absolute atomic E-state index is 13.1. The van der Waals surface area contributed by atoms with Crippen LogP contribution >= 0.6 is 11.3 Å². The number of aryl methyl sites for hydroxylation is 1. The second-order valence-corrected chi connectivity index (χ2v) is 7.93. The number of carbonyl (C=O) groups is 2. The van der Waals surface area contributed by atoms with Gasteiger partial charge in [-0.2, -0.15) is 8.78 Å². The van der Waals surface area contributed by atoms with Crippen molar-refractivity contribution in [3.63, 3.8) is 0 Å². The van der Waals surface area contributed by atoms with Crippen molar-refractivity contribution in [1.82, 2.24) is 19.4 Å². The second-order valence-electron chi connectivity index (χ2n) is 6.93. The number of likely N-dealkylation sites (tertiary alicyclic amines) is 1. The molecule has 0 aliphatic carbocycles. The molecule has 2 amide bonds. The normalized spacial score (nSPS) is 16.8. The lowest BCUT2D eigenvalue weighted by Gasteiger charge is -2.31. The fraction of sp³-hybridized carbons (Fsp3) is 0.368. The Balaban J connectivity index is 1.45. The average molecular weight is 435 g/mol. The molecule has 3 aromatic rings. The average Bonchev–Trinajstić information content (AvgIpc) is 3.48. The monoisotopic (exact) mass is 435 g/mol. The predicted octanol–water partition coefficient (Wildman–Crippen LogP) is 3.79. The number of thiazole rings is 1. The molecule has 0 bridgehead atoms. The molecular formula is C19H19F2N5O3S. The number of anilines is 1. The third-order valence-corrected chi connectivity index (χ3v) is 5.99. The molecule has 0 unspecified atom stereocenters. The second kappa shape index (κ2) is 8.34. The number of halogens is 2. The topological polar surface area (TPSA) is 93.3 Å². The number of amides is 2. The summed E-state index contributed by atoms with van der Waals surface area (Å²) >= 11 is 1.09. The van der Waals surface area contributed by atoms with Gasteiger partial charge in [-0.1, -0.05) is 11.3 Å². The van der Waals surface area contributed by atoms with Gasteiger partial charge < -0.3 is 14.6 Å². The first-order chi connectivity index (χ1) is 14.4. The summed E-state index contributed by atoms with van der Waals surface area (Å²) in [5.41, 5.74) is 0.502. The fourth-order valence-electron chi connectivity index (χ4n) is 3.44. The van der Waals surface area contributed by atoms with Crippen molar-refractivity contribution < 1.29 is 22.8 Å². The lowest BCUT2D eigenvalue weighted by atomic mass is 9.97. The number of piperidine rings is 1. The minimum atomic E-state index is -2.72. The van der Waals surface area contributed by atoms with Crippen LogP contribution < -0.4 is 5.32 Å². The van der Waals surface area contributed by atoms with Crippen LogP contribution in [0.25, 0.3) is 10.7 Å². The highest BCUT2D eigenvalue weighted by Gasteiger charge is 2.30. The molecule has 30 heavy (non-hydrogen) atoms. The summed E-state index contributed by atoms with van der Waals surface area (Å²) in [7, 11) is 0. The molecule has 0 spiro atoms. The van der Waals surface area contributed by atoms with Crippen LogP contribution in [-0.4, -0.2) is 44.3 Å². The Morgan fingerprint density at radius 1 is 1.40 bits per heavy atom. The van der Waals surface area contributed by atoms with Crippen LogP contribution in [0.15, 0.2) is 35.2 Å². The third kappa shape index (κ3) is 3.97. The Labute approximate surface area is 174 Å². The van der Waals surface area contributed by atoms with Crippen molar-refractivity contribution in [2.75, 3.05) is 18.4 Å². The Kier molecular flexibility index (Phi) is 5.62. The minimum absolute atomic E-state index is 0.105. The van der Waals surface area contributed by atoms with Crippen LogP contribution in [0.5, 0.6) is 0 Å². The van der Waals surface area contributed by atoms with E-state index in [1.54, 1.807) is 24.0 Å². The number of aromatic nitrogens is 3. The number of nitrogens with one attached hydrogen (secondary N) is 1. The number of imidazole rings is 1. The van der Waals surface area contributed by atoms with Gasteiger partial charge in [-0.05, 0) is 31.9 Å². The van der Waals surface area contributed by atoms with E-state index in [1.807, 2.05) is 0 Å². The van der Waals surface area contributed by atoms with Crippen molar-refractivity contribution in [3.8, 4) is 10.7 Å². The number of alkyl halides is 2. The summed E-state index contributed by atoms with van der Waals surface area (Å²) in [6, 6.07) is 3.23. The molecule has 0 saturated carbocycles. The highest BCUT2D eigenvalue weighted by molar-refractivity contribution is 7.19. The molecule has 1 N–H and O–H groups in total. The maximum atomic E-state index is 13.1. The predicted molar refractivity (Wildman–Crippen MR) is 105 cm³/mol. The van der Waals surface area contributed by atoms with E-state index in [9.17, 15) is 18.4 Å². The van der Waals surface area contributed by atoms with Gasteiger partial charge in [0.15, 0.2) is 16.7 Å². The van der Waals surface area contributed by atoms with E-state index in [2.05, 4.69) is 15.3 Å². The molecule has 1 aliphatic rings. The summed E-state index contributed by atoms with van der Waals surface area (Å²) in [5, 5.41) is 3.07. The van der Waals surface area contributed by atoms with Gasteiger partial charge >= 0.3 is 6.55 Å². The first-order valence-electron chi connectivity index (χ1n) is 9.36. The van der Waals surface area contributed by atoms with Gasteiger partial charge in [-0.15, -0.1) is 0 Å². The lowest BCUT2D eigenvalue weighted by Crippen LogP contribution is -2.43. The van der Waals surface area contributed by atoms with E-state index in [0.717, 1.165) is 15.9 Å². The quantitative estimate of drug-likeness (QED) is 0.658. The first-order valence-corrected chi connectivity index (χ1v) is 10.2. The molecule has 0 aromatic carbocycles. The lowest BCUT2D eigenvalue weighted by molar-refractivity contribution is -0.121. The summed E-state index contributed by atoms with van der Waals surface area (Å²) in [6.07, 6.45) is 5.26. The zero-order valence-electron chi connectivity index (χ0n) is 16.0. The van der Waals surface area contributed by atoms with Crippen molar-refractivity contribution in [2.45, 2.75) is 26.3 Å². The van der Waals surface area contributed by atoms with Gasteiger partial charge in [-0.3, -0.25) is 14.2 Å². The molecule has 8 nitrogen and oxygen atoms in total. The summed E-state index contributed by atoms with van der Waals surface area (Å²) in [6.45, 7) is -0.212. The van der Waals surface area contributed by atoms with Crippen LogP contribution in [0.3, 0.4) is 0 Å². The highest BCUT2D eigenvalue weighted by atomic mass is 32.1.